The second kappa shape index (κ2) is 7.27. The van der Waals surface area contributed by atoms with Crippen molar-refractivity contribution in [3.8, 4) is 5.75 Å². The van der Waals surface area contributed by atoms with E-state index in [-0.39, 0.29) is 5.91 Å². The number of nitrogens with one attached hydrogen (secondary N) is 1. The van der Waals surface area contributed by atoms with E-state index in [1.807, 2.05) is 62.4 Å². The van der Waals surface area contributed by atoms with E-state index in [9.17, 15) is 4.79 Å². The van der Waals surface area contributed by atoms with Crippen LogP contribution in [-0.2, 0) is 6.61 Å². The molecule has 3 aromatic rings. The van der Waals surface area contributed by atoms with Crippen molar-refractivity contribution in [3.05, 3.63) is 75.7 Å². The second-order valence-corrected chi connectivity index (χ2v) is 6.52. The van der Waals surface area contributed by atoms with Gasteiger partial charge in [-0.2, -0.15) is 0 Å². The minimum atomic E-state index is -0.194. The zero-order valence-electron chi connectivity index (χ0n) is 13.6. The van der Waals surface area contributed by atoms with Gasteiger partial charge in [-0.15, -0.1) is 11.3 Å². The molecule has 4 nitrogen and oxygen atoms in total. The topological polar surface area (TPSA) is 51.2 Å². The second-order valence-electron chi connectivity index (χ2n) is 5.46. The summed E-state index contributed by atoms with van der Waals surface area (Å²) in [5.74, 6) is 0.583. The van der Waals surface area contributed by atoms with Crippen LogP contribution in [0.1, 0.15) is 26.6 Å². The lowest BCUT2D eigenvalue weighted by Crippen LogP contribution is -2.13. The van der Waals surface area contributed by atoms with Crippen molar-refractivity contribution in [2.45, 2.75) is 20.5 Å². The molecule has 0 unspecified atom stereocenters. The fraction of sp³-hybridized carbons (Fsp3) is 0.158. The van der Waals surface area contributed by atoms with Gasteiger partial charge in [-0.1, -0.05) is 30.3 Å². The maximum atomic E-state index is 12.2. The molecule has 3 rings (SSSR count). The van der Waals surface area contributed by atoms with Gasteiger partial charge in [-0.05, 0) is 43.2 Å². The van der Waals surface area contributed by atoms with Gasteiger partial charge in [0.25, 0.3) is 5.91 Å². The summed E-state index contributed by atoms with van der Waals surface area (Å²) in [6.45, 7) is 4.34. The minimum Gasteiger partial charge on any atom is -0.489 e. The number of anilines is 1. The SMILES string of the molecule is Cc1nc(C(=O)Nc2ccc(OCc3ccccc3)cc2C)cs1. The number of ether oxygens (including phenoxy) is 1. The summed E-state index contributed by atoms with van der Waals surface area (Å²) in [5, 5.41) is 5.53. The predicted octanol–water partition coefficient (Wildman–Crippen LogP) is 4.59. The van der Waals surface area contributed by atoms with Crippen LogP contribution in [0, 0.1) is 13.8 Å². The first kappa shape index (κ1) is 16.2. The number of carbonyl (C=O) groups is 1. The zero-order valence-corrected chi connectivity index (χ0v) is 14.4. The molecule has 0 saturated heterocycles. The third kappa shape index (κ3) is 4.00. The van der Waals surface area contributed by atoms with Crippen LogP contribution in [0.2, 0.25) is 0 Å². The Morgan fingerprint density at radius 2 is 1.96 bits per heavy atom. The van der Waals surface area contributed by atoms with Crippen molar-refractivity contribution in [2.24, 2.45) is 0 Å². The monoisotopic (exact) mass is 338 g/mol. The van der Waals surface area contributed by atoms with Crippen LogP contribution in [-0.4, -0.2) is 10.9 Å². The first-order valence-corrected chi connectivity index (χ1v) is 8.50. The highest BCUT2D eigenvalue weighted by Gasteiger charge is 2.11. The maximum Gasteiger partial charge on any atom is 0.275 e. The lowest BCUT2D eigenvalue weighted by Gasteiger charge is -2.11. The van der Waals surface area contributed by atoms with Crippen LogP contribution in [0.3, 0.4) is 0 Å². The molecule has 1 amide bonds. The Morgan fingerprint density at radius 3 is 2.62 bits per heavy atom. The fourth-order valence-electron chi connectivity index (χ4n) is 2.26. The van der Waals surface area contributed by atoms with E-state index < -0.39 is 0 Å². The van der Waals surface area contributed by atoms with Crippen molar-refractivity contribution in [1.29, 1.82) is 0 Å². The quantitative estimate of drug-likeness (QED) is 0.740. The molecule has 0 bridgehead atoms. The van der Waals surface area contributed by atoms with E-state index in [0.717, 1.165) is 27.6 Å². The number of nitrogens with zero attached hydrogens (tertiary/aromatic N) is 1. The summed E-state index contributed by atoms with van der Waals surface area (Å²) in [7, 11) is 0. The molecule has 122 valence electrons. The Bertz CT molecular complexity index is 844. The first-order valence-electron chi connectivity index (χ1n) is 7.62. The van der Waals surface area contributed by atoms with Gasteiger partial charge in [0.2, 0.25) is 0 Å². The standard InChI is InChI=1S/C19H18N2O2S/c1-13-10-16(23-11-15-6-4-3-5-7-15)8-9-17(13)21-19(22)18-12-24-14(2)20-18/h3-10,12H,11H2,1-2H3,(H,21,22). The van der Waals surface area contributed by atoms with Crippen LogP contribution in [0.5, 0.6) is 5.75 Å². The van der Waals surface area contributed by atoms with Gasteiger partial charge in [-0.25, -0.2) is 4.98 Å². The highest BCUT2D eigenvalue weighted by Crippen LogP contribution is 2.23. The molecule has 0 spiro atoms. The van der Waals surface area contributed by atoms with Crippen molar-refractivity contribution >= 4 is 22.9 Å². The predicted molar refractivity (Wildman–Crippen MR) is 96.8 cm³/mol. The first-order chi connectivity index (χ1) is 11.6. The lowest BCUT2D eigenvalue weighted by molar-refractivity contribution is 0.102. The van der Waals surface area contributed by atoms with Crippen LogP contribution in [0.15, 0.2) is 53.9 Å². The van der Waals surface area contributed by atoms with Gasteiger partial charge >= 0.3 is 0 Å². The van der Waals surface area contributed by atoms with Crippen molar-refractivity contribution in [1.82, 2.24) is 4.98 Å². The third-order valence-electron chi connectivity index (χ3n) is 3.55. The van der Waals surface area contributed by atoms with Crippen molar-refractivity contribution in [2.75, 3.05) is 5.32 Å². The molecule has 0 aliphatic carbocycles. The number of aryl methyl sites for hydroxylation is 2. The van der Waals surface area contributed by atoms with E-state index >= 15 is 0 Å². The van der Waals surface area contributed by atoms with Crippen LogP contribution in [0.4, 0.5) is 5.69 Å². The Hall–Kier alpha value is -2.66. The van der Waals surface area contributed by atoms with Gasteiger partial charge in [0.15, 0.2) is 0 Å². The lowest BCUT2D eigenvalue weighted by atomic mass is 10.2. The molecular weight excluding hydrogens is 320 g/mol. The normalized spacial score (nSPS) is 10.4. The Kier molecular flexibility index (Phi) is 4.91. The molecule has 5 heteroatoms. The molecule has 0 aliphatic rings. The van der Waals surface area contributed by atoms with Crippen LogP contribution >= 0.6 is 11.3 Å². The number of carbonyl (C=O) groups excluding carboxylic acids is 1. The summed E-state index contributed by atoms with van der Waals surface area (Å²) in [6.07, 6.45) is 0. The molecule has 1 aromatic heterocycles. The number of thiazole rings is 1. The van der Waals surface area contributed by atoms with Crippen LogP contribution in [0.25, 0.3) is 0 Å². The van der Waals surface area contributed by atoms with Gasteiger partial charge in [0.1, 0.15) is 18.1 Å². The van der Waals surface area contributed by atoms with Crippen molar-refractivity contribution in [3.63, 3.8) is 0 Å². The van der Waals surface area contributed by atoms with Gasteiger partial charge in [0, 0.05) is 11.1 Å². The highest BCUT2D eigenvalue weighted by atomic mass is 32.1. The van der Waals surface area contributed by atoms with Gasteiger partial charge in [0.05, 0.1) is 5.01 Å². The molecule has 0 saturated carbocycles. The third-order valence-corrected chi connectivity index (χ3v) is 4.32. The number of rotatable bonds is 5. The Labute approximate surface area is 145 Å². The van der Waals surface area contributed by atoms with E-state index in [4.69, 9.17) is 4.74 Å². The van der Waals surface area contributed by atoms with E-state index in [2.05, 4.69) is 10.3 Å². The molecule has 0 fully saturated rings. The molecule has 1 N–H and O–H groups in total. The minimum absolute atomic E-state index is 0.194. The summed E-state index contributed by atoms with van der Waals surface area (Å²) in [4.78, 5) is 16.4. The van der Waals surface area contributed by atoms with Gasteiger partial charge < -0.3 is 10.1 Å². The molecule has 0 atom stereocenters. The Balaban J connectivity index is 1.65. The number of amides is 1. The van der Waals surface area contributed by atoms with Gasteiger partial charge in [-0.3, -0.25) is 4.79 Å². The largest absolute Gasteiger partial charge is 0.489 e. The highest BCUT2D eigenvalue weighted by molar-refractivity contribution is 7.09. The van der Waals surface area contributed by atoms with Crippen molar-refractivity contribution < 1.29 is 9.53 Å². The van der Waals surface area contributed by atoms with E-state index in [1.54, 1.807) is 5.38 Å². The maximum absolute atomic E-state index is 12.2. The summed E-state index contributed by atoms with van der Waals surface area (Å²) in [6, 6.07) is 15.6. The summed E-state index contributed by atoms with van der Waals surface area (Å²) in [5.41, 5.74) is 3.27. The zero-order chi connectivity index (χ0) is 16.9. The average molecular weight is 338 g/mol. The number of hydrogen-bond acceptors (Lipinski definition) is 4. The molecule has 2 aromatic carbocycles. The van der Waals surface area contributed by atoms with E-state index in [1.165, 1.54) is 11.3 Å². The summed E-state index contributed by atoms with van der Waals surface area (Å²) < 4.78 is 5.80. The number of benzene rings is 2. The molecule has 1 heterocycles. The molecule has 24 heavy (non-hydrogen) atoms. The average Bonchev–Trinajstić information content (AvgIpc) is 3.03. The van der Waals surface area contributed by atoms with Crippen LogP contribution < -0.4 is 10.1 Å². The molecule has 0 aliphatic heterocycles. The number of aromatic nitrogens is 1. The number of hydrogen-bond donors (Lipinski definition) is 1. The molecular formula is C19H18N2O2S. The van der Waals surface area contributed by atoms with E-state index in [0.29, 0.717) is 12.3 Å². The fourth-order valence-corrected chi connectivity index (χ4v) is 2.85. The Morgan fingerprint density at radius 1 is 1.17 bits per heavy atom. The smallest absolute Gasteiger partial charge is 0.275 e. The summed E-state index contributed by atoms with van der Waals surface area (Å²) >= 11 is 1.46. The molecule has 0 radical (unpaired) electrons.